The lowest BCUT2D eigenvalue weighted by molar-refractivity contribution is -0.118. The molecule has 0 radical (unpaired) electrons. The predicted octanol–water partition coefficient (Wildman–Crippen LogP) is 2.81. The number of carbonyl (C=O) groups excluding carboxylic acids is 1. The molecule has 6 nitrogen and oxygen atoms in total. The fraction of sp³-hybridized carbons (Fsp3) is 0.444. The molecule has 7 heteroatoms. The summed E-state index contributed by atoms with van der Waals surface area (Å²) < 4.78 is 6.69. The second kappa shape index (κ2) is 8.47. The Bertz CT molecular complexity index is 722. The minimum absolute atomic E-state index is 0. The predicted molar refractivity (Wildman–Crippen MR) is 103 cm³/mol. The fourth-order valence-corrected chi connectivity index (χ4v) is 2.27. The molecule has 1 unspecified atom stereocenters. The zero-order valence-electron chi connectivity index (χ0n) is 15.4. The van der Waals surface area contributed by atoms with Crippen LogP contribution in [0.3, 0.4) is 0 Å². The third-order valence-corrected chi connectivity index (χ3v) is 3.66. The van der Waals surface area contributed by atoms with Crippen molar-refractivity contribution in [1.82, 2.24) is 9.78 Å². The molecule has 2 aromatic rings. The topological polar surface area (TPSA) is 82.2 Å². The van der Waals surface area contributed by atoms with E-state index < -0.39 is 6.04 Å². The average Bonchev–Trinajstić information content (AvgIpc) is 2.91. The number of aryl methyl sites for hydroxylation is 1. The molecule has 25 heavy (non-hydrogen) atoms. The van der Waals surface area contributed by atoms with Gasteiger partial charge < -0.3 is 15.8 Å². The number of halogens is 1. The Kier molecular flexibility index (Phi) is 7.17. The monoisotopic (exact) mass is 366 g/mol. The van der Waals surface area contributed by atoms with Crippen LogP contribution in [0, 0.1) is 6.92 Å². The molecule has 3 N–H and O–H groups in total. The molecule has 1 aromatic heterocycles. The Hall–Kier alpha value is -1.89. The van der Waals surface area contributed by atoms with Gasteiger partial charge in [-0.1, -0.05) is 32.9 Å². The zero-order valence-corrected chi connectivity index (χ0v) is 16.2. The molecular formula is C18H27ClN4O2. The smallest absolute Gasteiger partial charge is 0.244 e. The third-order valence-electron chi connectivity index (χ3n) is 3.66. The summed E-state index contributed by atoms with van der Waals surface area (Å²) in [6.45, 7) is 8.43. The minimum Gasteiger partial charge on any atom is -0.383 e. The highest BCUT2D eigenvalue weighted by Crippen LogP contribution is 2.26. The molecule has 1 atom stereocenters. The van der Waals surface area contributed by atoms with Crippen molar-refractivity contribution in [2.75, 3.05) is 19.0 Å². The van der Waals surface area contributed by atoms with E-state index in [1.165, 1.54) is 7.11 Å². The van der Waals surface area contributed by atoms with Crippen LogP contribution in [-0.4, -0.2) is 35.4 Å². The van der Waals surface area contributed by atoms with Gasteiger partial charge in [0.15, 0.2) is 0 Å². The van der Waals surface area contributed by atoms with Crippen molar-refractivity contribution in [3.05, 3.63) is 41.6 Å². The quantitative estimate of drug-likeness (QED) is 0.852. The maximum atomic E-state index is 12.3. The SMILES string of the molecule is COCC(N)C(=O)Nc1cc(C(C)(C)C)nn1-c1cccc(C)c1.Cl. The van der Waals surface area contributed by atoms with Gasteiger partial charge >= 0.3 is 0 Å². The normalized spacial score (nSPS) is 12.4. The van der Waals surface area contributed by atoms with Crippen LogP contribution in [0.4, 0.5) is 5.82 Å². The highest BCUT2D eigenvalue weighted by atomic mass is 35.5. The summed E-state index contributed by atoms with van der Waals surface area (Å²) in [5, 5.41) is 7.54. The first-order chi connectivity index (χ1) is 11.2. The molecule has 0 aliphatic heterocycles. The number of hydrogen-bond acceptors (Lipinski definition) is 4. The number of rotatable bonds is 5. The van der Waals surface area contributed by atoms with E-state index in [-0.39, 0.29) is 30.3 Å². The van der Waals surface area contributed by atoms with Gasteiger partial charge in [-0.25, -0.2) is 4.68 Å². The Balaban J connectivity index is 0.00000312. The molecule has 0 saturated heterocycles. The highest BCUT2D eigenvalue weighted by Gasteiger charge is 2.23. The van der Waals surface area contributed by atoms with Gasteiger partial charge in [0.05, 0.1) is 18.0 Å². The molecule has 138 valence electrons. The Morgan fingerprint density at radius 1 is 1.36 bits per heavy atom. The summed E-state index contributed by atoms with van der Waals surface area (Å²) >= 11 is 0. The van der Waals surface area contributed by atoms with Gasteiger partial charge in [0.25, 0.3) is 0 Å². The van der Waals surface area contributed by atoms with E-state index in [1.807, 2.05) is 37.3 Å². The zero-order chi connectivity index (χ0) is 17.9. The lowest BCUT2D eigenvalue weighted by Gasteiger charge is -2.14. The van der Waals surface area contributed by atoms with Gasteiger partial charge in [0.2, 0.25) is 5.91 Å². The number of aromatic nitrogens is 2. The summed E-state index contributed by atoms with van der Waals surface area (Å²) in [5.41, 5.74) is 8.58. The van der Waals surface area contributed by atoms with E-state index in [0.717, 1.165) is 16.9 Å². The largest absolute Gasteiger partial charge is 0.383 e. The van der Waals surface area contributed by atoms with Gasteiger partial charge in [0, 0.05) is 18.6 Å². The summed E-state index contributed by atoms with van der Waals surface area (Å²) in [7, 11) is 1.52. The van der Waals surface area contributed by atoms with E-state index in [4.69, 9.17) is 10.5 Å². The molecule has 0 saturated carbocycles. The second-order valence-corrected chi connectivity index (χ2v) is 6.97. The second-order valence-electron chi connectivity index (χ2n) is 6.97. The number of hydrogen-bond donors (Lipinski definition) is 2. The lowest BCUT2D eigenvalue weighted by atomic mass is 9.92. The van der Waals surface area contributed by atoms with Crippen LogP contribution in [0.2, 0.25) is 0 Å². The van der Waals surface area contributed by atoms with Crippen LogP contribution in [0.25, 0.3) is 5.69 Å². The van der Waals surface area contributed by atoms with Gasteiger partial charge in [0.1, 0.15) is 11.9 Å². The lowest BCUT2D eigenvalue weighted by Crippen LogP contribution is -2.39. The van der Waals surface area contributed by atoms with E-state index in [2.05, 4.69) is 31.2 Å². The molecule has 0 aliphatic carbocycles. The molecule has 2 rings (SSSR count). The first-order valence-corrected chi connectivity index (χ1v) is 7.95. The molecule has 0 bridgehead atoms. The number of methoxy groups -OCH3 is 1. The number of carbonyl (C=O) groups is 1. The van der Waals surface area contributed by atoms with E-state index >= 15 is 0 Å². The Morgan fingerprint density at radius 2 is 2.04 bits per heavy atom. The minimum atomic E-state index is -0.728. The third kappa shape index (κ3) is 5.29. The molecule has 0 aliphatic rings. The fourth-order valence-electron chi connectivity index (χ4n) is 2.27. The first kappa shape index (κ1) is 21.2. The van der Waals surface area contributed by atoms with Crippen LogP contribution in [0.5, 0.6) is 0 Å². The van der Waals surface area contributed by atoms with Crippen LogP contribution < -0.4 is 11.1 Å². The van der Waals surface area contributed by atoms with E-state index in [0.29, 0.717) is 5.82 Å². The molecule has 0 fully saturated rings. The summed E-state index contributed by atoms with van der Waals surface area (Å²) in [4.78, 5) is 12.3. The molecule has 1 aromatic carbocycles. The van der Waals surface area contributed by atoms with Crippen LogP contribution in [-0.2, 0) is 14.9 Å². The van der Waals surface area contributed by atoms with Gasteiger partial charge in [-0.05, 0) is 24.6 Å². The first-order valence-electron chi connectivity index (χ1n) is 7.95. The standard InChI is InChI=1S/C18H26N4O2.ClH/c1-12-7-6-8-13(9-12)22-16(10-15(21-22)18(2,3)4)20-17(23)14(19)11-24-5;/h6-10,14H,11,19H2,1-5H3,(H,20,23);1H. The van der Waals surface area contributed by atoms with Crippen molar-refractivity contribution in [1.29, 1.82) is 0 Å². The number of anilines is 1. The molecule has 1 amide bonds. The maximum absolute atomic E-state index is 12.3. The van der Waals surface area contributed by atoms with Crippen LogP contribution in [0.15, 0.2) is 30.3 Å². The number of nitrogens with two attached hydrogens (primary N) is 1. The van der Waals surface area contributed by atoms with Crippen molar-refractivity contribution in [2.24, 2.45) is 5.73 Å². The van der Waals surface area contributed by atoms with E-state index in [9.17, 15) is 4.79 Å². The van der Waals surface area contributed by atoms with E-state index in [1.54, 1.807) is 4.68 Å². The summed E-state index contributed by atoms with van der Waals surface area (Å²) in [5.74, 6) is 0.299. The van der Waals surface area contributed by atoms with Crippen molar-refractivity contribution in [3.63, 3.8) is 0 Å². The molecule has 0 spiro atoms. The number of nitrogens with zero attached hydrogens (tertiary/aromatic N) is 2. The van der Waals surface area contributed by atoms with Crippen molar-refractivity contribution < 1.29 is 9.53 Å². The molecule has 1 heterocycles. The highest BCUT2D eigenvalue weighted by molar-refractivity contribution is 5.94. The summed E-state index contributed by atoms with van der Waals surface area (Å²) in [6, 6.07) is 9.12. The van der Waals surface area contributed by atoms with Gasteiger partial charge in [-0.2, -0.15) is 5.10 Å². The molecular weight excluding hydrogens is 340 g/mol. The number of amides is 1. The average molecular weight is 367 g/mol. The Morgan fingerprint density at radius 3 is 2.60 bits per heavy atom. The van der Waals surface area contributed by atoms with Crippen molar-refractivity contribution >= 4 is 24.1 Å². The number of benzene rings is 1. The van der Waals surface area contributed by atoms with Crippen molar-refractivity contribution in [3.8, 4) is 5.69 Å². The Labute approximate surface area is 155 Å². The number of nitrogens with one attached hydrogen (secondary N) is 1. The van der Waals surface area contributed by atoms with Gasteiger partial charge in [-0.3, -0.25) is 4.79 Å². The number of ether oxygens (including phenoxy) is 1. The van der Waals surface area contributed by atoms with Crippen LogP contribution >= 0.6 is 12.4 Å². The van der Waals surface area contributed by atoms with Gasteiger partial charge in [-0.15, -0.1) is 12.4 Å². The van der Waals surface area contributed by atoms with Crippen LogP contribution in [0.1, 0.15) is 32.0 Å². The van der Waals surface area contributed by atoms with Crippen molar-refractivity contribution in [2.45, 2.75) is 39.2 Å². The maximum Gasteiger partial charge on any atom is 0.244 e. The summed E-state index contributed by atoms with van der Waals surface area (Å²) in [6.07, 6.45) is 0.